The third-order valence-corrected chi connectivity index (χ3v) is 2.63. The summed E-state index contributed by atoms with van der Waals surface area (Å²) >= 11 is 0. The fourth-order valence-corrected chi connectivity index (χ4v) is 1.79. The minimum atomic E-state index is 0.856. The lowest BCUT2D eigenvalue weighted by molar-refractivity contribution is 0.959. The van der Waals surface area contributed by atoms with Crippen LogP contribution in [0.1, 0.15) is 5.56 Å². The molecule has 0 saturated heterocycles. The van der Waals surface area contributed by atoms with Crippen LogP contribution in [0.15, 0.2) is 23.2 Å². The van der Waals surface area contributed by atoms with Crippen LogP contribution >= 0.6 is 0 Å². The third-order valence-electron chi connectivity index (χ3n) is 2.63. The second-order valence-corrected chi connectivity index (χ2v) is 4.18. The van der Waals surface area contributed by atoms with E-state index in [4.69, 9.17) is 0 Å². The van der Waals surface area contributed by atoms with Crippen molar-refractivity contribution in [2.24, 2.45) is 4.99 Å². The highest BCUT2D eigenvalue weighted by molar-refractivity contribution is 5.95. The Kier molecular flexibility index (Phi) is 2.99. The van der Waals surface area contributed by atoms with E-state index in [1.165, 1.54) is 11.3 Å². The van der Waals surface area contributed by atoms with Gasteiger partial charge in [-0.15, -0.1) is 0 Å². The Balaban J connectivity index is 2.18. The van der Waals surface area contributed by atoms with E-state index >= 15 is 0 Å². The molecule has 4 heteroatoms. The van der Waals surface area contributed by atoms with Gasteiger partial charge in [-0.05, 0) is 24.6 Å². The first-order valence-corrected chi connectivity index (χ1v) is 5.50. The van der Waals surface area contributed by atoms with Gasteiger partial charge in [0.1, 0.15) is 0 Å². The van der Waals surface area contributed by atoms with Gasteiger partial charge in [-0.3, -0.25) is 4.99 Å². The van der Waals surface area contributed by atoms with E-state index in [0.717, 1.165) is 24.7 Å². The number of aryl methyl sites for hydroxylation is 1. The fourth-order valence-electron chi connectivity index (χ4n) is 1.79. The summed E-state index contributed by atoms with van der Waals surface area (Å²) in [6, 6.07) is 6.33. The Morgan fingerprint density at radius 2 is 2.19 bits per heavy atom. The molecule has 0 atom stereocenters. The average molecular weight is 218 g/mol. The molecule has 86 valence electrons. The summed E-state index contributed by atoms with van der Waals surface area (Å²) in [5.41, 5.74) is 3.57. The normalized spacial score (nSPS) is 14.3. The van der Waals surface area contributed by atoms with Crippen molar-refractivity contribution in [1.29, 1.82) is 0 Å². The van der Waals surface area contributed by atoms with Crippen molar-refractivity contribution >= 4 is 17.3 Å². The van der Waals surface area contributed by atoms with Crippen molar-refractivity contribution in [2.45, 2.75) is 6.92 Å². The molecule has 0 unspecified atom stereocenters. The molecular weight excluding hydrogens is 200 g/mol. The molecular formula is C12H18N4. The zero-order valence-electron chi connectivity index (χ0n) is 10.0. The number of benzene rings is 1. The zero-order chi connectivity index (χ0) is 11.5. The lowest BCUT2D eigenvalue weighted by Gasteiger charge is -2.17. The summed E-state index contributed by atoms with van der Waals surface area (Å²) in [5.74, 6) is 0.869. The number of nitrogens with zero attached hydrogens (tertiary/aromatic N) is 2. The Hall–Kier alpha value is -1.71. The lowest BCUT2D eigenvalue weighted by atomic mass is 10.1. The minimum Gasteiger partial charge on any atom is -0.377 e. The van der Waals surface area contributed by atoms with Crippen molar-refractivity contribution in [1.82, 2.24) is 5.32 Å². The second-order valence-electron chi connectivity index (χ2n) is 4.18. The maximum atomic E-state index is 4.31. The maximum absolute atomic E-state index is 4.31. The van der Waals surface area contributed by atoms with E-state index < -0.39 is 0 Å². The number of hydrogen-bond donors (Lipinski definition) is 2. The largest absolute Gasteiger partial charge is 0.377 e. The average Bonchev–Trinajstić information content (AvgIpc) is 2.73. The summed E-state index contributed by atoms with van der Waals surface area (Å²) in [7, 11) is 4.11. The third kappa shape index (κ3) is 2.27. The van der Waals surface area contributed by atoms with Crippen LogP contribution in [-0.2, 0) is 0 Å². The molecule has 0 aromatic heterocycles. The van der Waals surface area contributed by atoms with Gasteiger partial charge in [0.25, 0.3) is 0 Å². The number of guanidine groups is 1. The Labute approximate surface area is 96.4 Å². The maximum Gasteiger partial charge on any atom is 0.195 e. The molecule has 1 aliphatic heterocycles. The Morgan fingerprint density at radius 3 is 2.81 bits per heavy atom. The molecule has 4 nitrogen and oxygen atoms in total. The quantitative estimate of drug-likeness (QED) is 0.789. The first-order valence-electron chi connectivity index (χ1n) is 5.50. The van der Waals surface area contributed by atoms with E-state index in [0.29, 0.717) is 0 Å². The molecule has 0 fully saturated rings. The van der Waals surface area contributed by atoms with Gasteiger partial charge in [-0.25, -0.2) is 0 Å². The van der Waals surface area contributed by atoms with Crippen LogP contribution in [0, 0.1) is 6.92 Å². The Morgan fingerprint density at radius 1 is 1.38 bits per heavy atom. The fraction of sp³-hybridized carbons (Fsp3) is 0.417. The summed E-state index contributed by atoms with van der Waals surface area (Å²) in [4.78, 5) is 6.42. The first kappa shape index (κ1) is 10.8. The molecule has 2 rings (SSSR count). The molecule has 0 amide bonds. The molecule has 1 aromatic carbocycles. The van der Waals surface area contributed by atoms with Crippen molar-refractivity contribution in [2.75, 3.05) is 37.4 Å². The zero-order valence-corrected chi connectivity index (χ0v) is 10.0. The number of anilines is 2. The molecule has 0 saturated carbocycles. The Bertz CT molecular complexity index is 409. The van der Waals surface area contributed by atoms with Gasteiger partial charge in [0.2, 0.25) is 0 Å². The van der Waals surface area contributed by atoms with Crippen LogP contribution in [-0.4, -0.2) is 33.1 Å². The number of aliphatic imine (C=N–C) groups is 1. The highest BCUT2D eigenvalue weighted by Crippen LogP contribution is 2.22. The van der Waals surface area contributed by atoms with Gasteiger partial charge in [-0.2, -0.15) is 0 Å². The topological polar surface area (TPSA) is 39.7 Å². The number of hydrogen-bond acceptors (Lipinski definition) is 4. The molecule has 0 bridgehead atoms. The molecule has 0 spiro atoms. The van der Waals surface area contributed by atoms with Crippen LogP contribution < -0.4 is 15.5 Å². The van der Waals surface area contributed by atoms with Crippen molar-refractivity contribution in [3.05, 3.63) is 23.8 Å². The van der Waals surface area contributed by atoms with Gasteiger partial charge in [0.05, 0.1) is 6.54 Å². The van der Waals surface area contributed by atoms with E-state index in [9.17, 15) is 0 Å². The van der Waals surface area contributed by atoms with E-state index in [1.807, 2.05) is 0 Å². The van der Waals surface area contributed by atoms with Gasteiger partial charge in [0, 0.05) is 32.0 Å². The van der Waals surface area contributed by atoms with Gasteiger partial charge in [-0.1, -0.05) is 6.07 Å². The summed E-state index contributed by atoms with van der Waals surface area (Å²) in [6.45, 7) is 3.90. The second kappa shape index (κ2) is 4.43. The van der Waals surface area contributed by atoms with Crippen LogP contribution in [0.4, 0.5) is 11.4 Å². The lowest BCUT2D eigenvalue weighted by Crippen LogP contribution is -2.26. The monoisotopic (exact) mass is 218 g/mol. The number of nitrogens with one attached hydrogen (secondary N) is 2. The molecule has 1 aliphatic rings. The highest BCUT2D eigenvalue weighted by atomic mass is 15.2. The summed E-state index contributed by atoms with van der Waals surface area (Å²) in [6.07, 6.45) is 0. The standard InChI is InChI=1S/C12H18N4/c1-9-4-5-10(8-11(9)16(2)3)15-12-13-6-7-14-12/h4-5,8H,6-7H2,1-3H3,(H2,13,14,15). The van der Waals surface area contributed by atoms with Crippen LogP contribution in [0.25, 0.3) is 0 Å². The molecule has 0 aliphatic carbocycles. The molecule has 1 aromatic rings. The van der Waals surface area contributed by atoms with Crippen molar-refractivity contribution in [3.63, 3.8) is 0 Å². The number of rotatable bonds is 2. The van der Waals surface area contributed by atoms with Crippen molar-refractivity contribution < 1.29 is 0 Å². The minimum absolute atomic E-state index is 0.856. The smallest absolute Gasteiger partial charge is 0.195 e. The van der Waals surface area contributed by atoms with E-state index in [2.05, 4.69) is 59.7 Å². The molecule has 0 radical (unpaired) electrons. The van der Waals surface area contributed by atoms with Gasteiger partial charge >= 0.3 is 0 Å². The molecule has 1 heterocycles. The highest BCUT2D eigenvalue weighted by Gasteiger charge is 2.06. The molecule has 16 heavy (non-hydrogen) atoms. The van der Waals surface area contributed by atoms with E-state index in [1.54, 1.807) is 0 Å². The predicted octanol–water partition coefficient (Wildman–Crippen LogP) is 1.43. The summed E-state index contributed by atoms with van der Waals surface area (Å²) < 4.78 is 0. The predicted molar refractivity (Wildman–Crippen MR) is 69.4 cm³/mol. The van der Waals surface area contributed by atoms with Crippen LogP contribution in [0.2, 0.25) is 0 Å². The van der Waals surface area contributed by atoms with Crippen LogP contribution in [0.5, 0.6) is 0 Å². The summed E-state index contributed by atoms with van der Waals surface area (Å²) in [5, 5.41) is 6.47. The van der Waals surface area contributed by atoms with Gasteiger partial charge < -0.3 is 15.5 Å². The van der Waals surface area contributed by atoms with Crippen LogP contribution in [0.3, 0.4) is 0 Å². The van der Waals surface area contributed by atoms with Crippen molar-refractivity contribution in [3.8, 4) is 0 Å². The van der Waals surface area contributed by atoms with Gasteiger partial charge in [0.15, 0.2) is 5.96 Å². The van der Waals surface area contributed by atoms with E-state index in [-0.39, 0.29) is 0 Å². The SMILES string of the molecule is Cc1ccc(NC2=NCCN2)cc1N(C)C. The first-order chi connectivity index (χ1) is 7.66. The molecule has 2 N–H and O–H groups in total.